The highest BCUT2D eigenvalue weighted by molar-refractivity contribution is 5.73. The second-order valence-electron chi connectivity index (χ2n) is 8.42. The standard InChI is InChI=1S/C26H30N4O/c1-19(28-20(2)31)18-21-8-10-24(11-9-21)25-12-15-27-26(29-25)30-16-13-23(14-17-30)22-6-4-3-5-7-22/h3-12,15,19,23H,13-14,16-18H2,1-2H3,(H,28,31). The lowest BCUT2D eigenvalue weighted by molar-refractivity contribution is -0.119. The van der Waals surface area contributed by atoms with Crippen LogP contribution in [0.1, 0.15) is 43.7 Å². The maximum Gasteiger partial charge on any atom is 0.225 e. The summed E-state index contributed by atoms with van der Waals surface area (Å²) in [5.41, 5.74) is 4.65. The molecule has 0 radical (unpaired) electrons. The molecule has 2 aromatic carbocycles. The Balaban J connectivity index is 1.40. The number of aromatic nitrogens is 2. The van der Waals surface area contributed by atoms with Crippen LogP contribution in [0.3, 0.4) is 0 Å². The Kier molecular flexibility index (Phi) is 6.60. The van der Waals surface area contributed by atoms with Gasteiger partial charge in [-0.1, -0.05) is 54.6 Å². The van der Waals surface area contributed by atoms with Gasteiger partial charge in [0.2, 0.25) is 11.9 Å². The summed E-state index contributed by atoms with van der Waals surface area (Å²) in [5.74, 6) is 1.44. The first-order valence-electron chi connectivity index (χ1n) is 11.1. The van der Waals surface area contributed by atoms with Crippen molar-refractivity contribution in [2.75, 3.05) is 18.0 Å². The molecule has 0 bridgehead atoms. The van der Waals surface area contributed by atoms with Gasteiger partial charge in [-0.15, -0.1) is 0 Å². The third-order valence-electron chi connectivity index (χ3n) is 5.93. The first kappa shape index (κ1) is 21.0. The van der Waals surface area contributed by atoms with Crippen molar-refractivity contribution in [3.8, 4) is 11.3 Å². The Bertz CT molecular complexity index is 995. The Labute approximate surface area is 184 Å². The van der Waals surface area contributed by atoms with Crippen molar-refractivity contribution in [3.05, 3.63) is 78.0 Å². The molecule has 0 aliphatic carbocycles. The zero-order valence-electron chi connectivity index (χ0n) is 18.3. The lowest BCUT2D eigenvalue weighted by Crippen LogP contribution is -2.34. The molecular formula is C26H30N4O. The number of piperidine rings is 1. The highest BCUT2D eigenvalue weighted by Gasteiger charge is 2.22. The number of amides is 1. The summed E-state index contributed by atoms with van der Waals surface area (Å²) in [4.78, 5) is 22.9. The minimum Gasteiger partial charge on any atom is -0.354 e. The van der Waals surface area contributed by atoms with E-state index in [-0.39, 0.29) is 11.9 Å². The molecule has 1 fully saturated rings. The predicted octanol–water partition coefficient (Wildman–Crippen LogP) is 4.59. The summed E-state index contributed by atoms with van der Waals surface area (Å²) in [6.07, 6.45) is 4.91. The number of hydrogen-bond acceptors (Lipinski definition) is 4. The Morgan fingerprint density at radius 1 is 1.06 bits per heavy atom. The summed E-state index contributed by atoms with van der Waals surface area (Å²) in [5, 5.41) is 2.93. The van der Waals surface area contributed by atoms with Gasteiger partial charge in [0.15, 0.2) is 0 Å². The number of anilines is 1. The summed E-state index contributed by atoms with van der Waals surface area (Å²) in [7, 11) is 0. The molecule has 0 spiro atoms. The van der Waals surface area contributed by atoms with Gasteiger partial charge in [0.05, 0.1) is 5.69 Å². The van der Waals surface area contributed by atoms with Crippen molar-refractivity contribution in [2.45, 2.75) is 45.1 Å². The van der Waals surface area contributed by atoms with Crippen LogP contribution in [0.5, 0.6) is 0 Å². The summed E-state index contributed by atoms with van der Waals surface area (Å²) >= 11 is 0. The van der Waals surface area contributed by atoms with Crippen molar-refractivity contribution in [2.24, 2.45) is 0 Å². The molecule has 5 heteroatoms. The van der Waals surface area contributed by atoms with Crippen molar-refractivity contribution < 1.29 is 4.79 Å². The number of carbonyl (C=O) groups is 1. The van der Waals surface area contributed by atoms with E-state index in [1.165, 1.54) is 11.1 Å². The fourth-order valence-corrected chi connectivity index (χ4v) is 4.36. The number of nitrogens with zero attached hydrogens (tertiary/aromatic N) is 3. The second kappa shape index (κ2) is 9.73. The number of rotatable bonds is 6. The van der Waals surface area contributed by atoms with E-state index in [1.807, 2.05) is 19.2 Å². The average molecular weight is 415 g/mol. The molecule has 31 heavy (non-hydrogen) atoms. The van der Waals surface area contributed by atoms with Gasteiger partial charge in [0.25, 0.3) is 0 Å². The van der Waals surface area contributed by atoms with Gasteiger partial charge in [-0.3, -0.25) is 4.79 Å². The lowest BCUT2D eigenvalue weighted by Gasteiger charge is -2.32. The number of carbonyl (C=O) groups excluding carboxylic acids is 1. The molecule has 1 aliphatic heterocycles. The molecule has 1 saturated heterocycles. The fraction of sp³-hybridized carbons (Fsp3) is 0.346. The van der Waals surface area contributed by atoms with E-state index in [9.17, 15) is 4.79 Å². The molecule has 3 aromatic rings. The first-order chi connectivity index (χ1) is 15.1. The van der Waals surface area contributed by atoms with Gasteiger partial charge in [-0.2, -0.15) is 0 Å². The first-order valence-corrected chi connectivity index (χ1v) is 11.1. The van der Waals surface area contributed by atoms with Gasteiger partial charge >= 0.3 is 0 Å². The van der Waals surface area contributed by atoms with E-state index in [4.69, 9.17) is 4.98 Å². The molecule has 0 saturated carbocycles. The van der Waals surface area contributed by atoms with E-state index >= 15 is 0 Å². The zero-order valence-corrected chi connectivity index (χ0v) is 18.3. The van der Waals surface area contributed by atoms with Crippen LogP contribution < -0.4 is 10.2 Å². The molecule has 1 aliphatic rings. The molecule has 1 unspecified atom stereocenters. The van der Waals surface area contributed by atoms with Crippen molar-refractivity contribution in [3.63, 3.8) is 0 Å². The van der Waals surface area contributed by atoms with Crippen LogP contribution >= 0.6 is 0 Å². The summed E-state index contributed by atoms with van der Waals surface area (Å²) < 4.78 is 0. The Morgan fingerprint density at radius 2 is 1.77 bits per heavy atom. The van der Waals surface area contributed by atoms with Crippen LogP contribution in [0, 0.1) is 0 Å². The van der Waals surface area contributed by atoms with Crippen molar-refractivity contribution in [1.29, 1.82) is 0 Å². The van der Waals surface area contributed by atoms with Gasteiger partial charge in [0, 0.05) is 37.8 Å². The van der Waals surface area contributed by atoms with E-state index in [0.717, 1.165) is 49.6 Å². The zero-order chi connectivity index (χ0) is 21.6. The number of hydrogen-bond donors (Lipinski definition) is 1. The van der Waals surface area contributed by atoms with Gasteiger partial charge in [0.1, 0.15) is 0 Å². The van der Waals surface area contributed by atoms with E-state index in [1.54, 1.807) is 6.92 Å². The van der Waals surface area contributed by atoms with Crippen LogP contribution in [-0.4, -0.2) is 35.0 Å². The highest BCUT2D eigenvalue weighted by Crippen LogP contribution is 2.29. The van der Waals surface area contributed by atoms with Gasteiger partial charge in [-0.25, -0.2) is 9.97 Å². The fourth-order valence-electron chi connectivity index (χ4n) is 4.36. The van der Waals surface area contributed by atoms with Gasteiger partial charge in [-0.05, 0) is 49.3 Å². The largest absolute Gasteiger partial charge is 0.354 e. The van der Waals surface area contributed by atoms with E-state index in [2.05, 4.69) is 69.8 Å². The lowest BCUT2D eigenvalue weighted by atomic mass is 9.90. The van der Waals surface area contributed by atoms with Crippen LogP contribution in [-0.2, 0) is 11.2 Å². The van der Waals surface area contributed by atoms with Crippen LogP contribution in [0.2, 0.25) is 0 Å². The minimum atomic E-state index is 0.00503. The number of nitrogens with one attached hydrogen (secondary N) is 1. The van der Waals surface area contributed by atoms with Crippen LogP contribution in [0.25, 0.3) is 11.3 Å². The molecule has 2 heterocycles. The predicted molar refractivity (Wildman–Crippen MR) is 125 cm³/mol. The maximum atomic E-state index is 11.2. The molecule has 1 N–H and O–H groups in total. The quantitative estimate of drug-likeness (QED) is 0.641. The van der Waals surface area contributed by atoms with Crippen LogP contribution in [0.15, 0.2) is 66.9 Å². The topological polar surface area (TPSA) is 58.1 Å². The number of benzene rings is 2. The normalized spacial score (nSPS) is 15.5. The minimum absolute atomic E-state index is 0.00503. The third kappa shape index (κ3) is 5.48. The van der Waals surface area contributed by atoms with Gasteiger partial charge < -0.3 is 10.2 Å². The second-order valence-corrected chi connectivity index (χ2v) is 8.42. The van der Waals surface area contributed by atoms with Crippen LogP contribution in [0.4, 0.5) is 5.95 Å². The summed E-state index contributed by atoms with van der Waals surface area (Å²) in [6.45, 7) is 5.52. The molecule has 1 atom stereocenters. The molecule has 4 rings (SSSR count). The molecule has 1 aromatic heterocycles. The van der Waals surface area contributed by atoms with Crippen molar-refractivity contribution in [1.82, 2.24) is 15.3 Å². The smallest absolute Gasteiger partial charge is 0.225 e. The summed E-state index contributed by atoms with van der Waals surface area (Å²) in [6, 6.07) is 21.3. The molecule has 5 nitrogen and oxygen atoms in total. The molecule has 160 valence electrons. The average Bonchev–Trinajstić information content (AvgIpc) is 2.80. The Hall–Kier alpha value is -3.21. The molecular weight excluding hydrogens is 384 g/mol. The maximum absolute atomic E-state index is 11.2. The SMILES string of the molecule is CC(=O)NC(C)Cc1ccc(-c2ccnc(N3CCC(c4ccccc4)CC3)n2)cc1. The third-order valence-corrected chi connectivity index (χ3v) is 5.93. The Morgan fingerprint density at radius 3 is 2.45 bits per heavy atom. The monoisotopic (exact) mass is 414 g/mol. The highest BCUT2D eigenvalue weighted by atomic mass is 16.1. The molecule has 1 amide bonds. The van der Waals surface area contributed by atoms with Crippen molar-refractivity contribution >= 4 is 11.9 Å². The van der Waals surface area contributed by atoms with E-state index < -0.39 is 0 Å². The van der Waals surface area contributed by atoms with E-state index in [0.29, 0.717) is 5.92 Å².